The number of hydrogen-bond donors (Lipinski definition) is 2. The van der Waals surface area contributed by atoms with Gasteiger partial charge in [-0.1, -0.05) is 45.1 Å². The SMILES string of the molecule is C=CCCCC(CCCCCCC)NN. The maximum absolute atomic E-state index is 5.52. The van der Waals surface area contributed by atoms with Crippen LogP contribution in [0.15, 0.2) is 12.7 Å². The van der Waals surface area contributed by atoms with Crippen LogP contribution in [-0.2, 0) is 0 Å². The zero-order valence-corrected chi connectivity index (χ0v) is 10.3. The Bertz CT molecular complexity index is 134. The Labute approximate surface area is 95.3 Å². The van der Waals surface area contributed by atoms with Crippen LogP contribution in [0, 0.1) is 0 Å². The van der Waals surface area contributed by atoms with Crippen molar-refractivity contribution in [3.05, 3.63) is 12.7 Å². The molecule has 0 fully saturated rings. The number of nitrogens with one attached hydrogen (secondary N) is 1. The zero-order valence-electron chi connectivity index (χ0n) is 10.3. The second-order valence-electron chi connectivity index (χ2n) is 4.29. The summed E-state index contributed by atoms with van der Waals surface area (Å²) in [5.41, 5.74) is 2.92. The molecule has 0 aromatic heterocycles. The molecule has 90 valence electrons. The van der Waals surface area contributed by atoms with E-state index in [1.165, 1.54) is 51.4 Å². The standard InChI is InChI=1S/C13H28N2/c1-3-5-7-8-10-12-13(15-14)11-9-6-4-2/h4,13,15H,2-3,5-12,14H2,1H3. The lowest BCUT2D eigenvalue weighted by molar-refractivity contribution is 0.430. The predicted molar refractivity (Wildman–Crippen MR) is 68.5 cm³/mol. The molecular formula is C13H28N2. The molecular weight excluding hydrogens is 184 g/mol. The summed E-state index contributed by atoms with van der Waals surface area (Å²) in [7, 11) is 0. The van der Waals surface area contributed by atoms with E-state index in [-0.39, 0.29) is 0 Å². The number of allylic oxidation sites excluding steroid dienone is 1. The van der Waals surface area contributed by atoms with Crippen LogP contribution in [0.1, 0.15) is 64.7 Å². The monoisotopic (exact) mass is 212 g/mol. The molecule has 0 heterocycles. The van der Waals surface area contributed by atoms with E-state index >= 15 is 0 Å². The van der Waals surface area contributed by atoms with Crippen molar-refractivity contribution in [1.29, 1.82) is 0 Å². The lowest BCUT2D eigenvalue weighted by Gasteiger charge is -2.14. The van der Waals surface area contributed by atoms with E-state index in [0.717, 1.165) is 6.42 Å². The van der Waals surface area contributed by atoms with Crippen molar-refractivity contribution in [3.8, 4) is 0 Å². The van der Waals surface area contributed by atoms with Crippen LogP contribution in [-0.4, -0.2) is 6.04 Å². The molecule has 0 aromatic rings. The van der Waals surface area contributed by atoms with E-state index in [9.17, 15) is 0 Å². The topological polar surface area (TPSA) is 38.0 Å². The molecule has 0 aliphatic rings. The molecule has 2 nitrogen and oxygen atoms in total. The Morgan fingerprint density at radius 1 is 1.13 bits per heavy atom. The fourth-order valence-corrected chi connectivity index (χ4v) is 1.81. The summed E-state index contributed by atoms with van der Waals surface area (Å²) in [6, 6.07) is 0.506. The van der Waals surface area contributed by atoms with E-state index in [0.29, 0.717) is 6.04 Å². The summed E-state index contributed by atoms with van der Waals surface area (Å²) in [5.74, 6) is 5.52. The summed E-state index contributed by atoms with van der Waals surface area (Å²) in [4.78, 5) is 0. The van der Waals surface area contributed by atoms with Crippen LogP contribution >= 0.6 is 0 Å². The third kappa shape index (κ3) is 9.95. The maximum Gasteiger partial charge on any atom is 0.0210 e. The average Bonchev–Trinajstić information content (AvgIpc) is 2.26. The van der Waals surface area contributed by atoms with Crippen molar-refractivity contribution >= 4 is 0 Å². The highest BCUT2D eigenvalue weighted by Crippen LogP contribution is 2.11. The first-order valence-corrected chi connectivity index (χ1v) is 6.42. The van der Waals surface area contributed by atoms with Gasteiger partial charge in [0.2, 0.25) is 0 Å². The van der Waals surface area contributed by atoms with Gasteiger partial charge in [0.25, 0.3) is 0 Å². The molecule has 2 heteroatoms. The molecule has 0 rings (SSSR count). The van der Waals surface area contributed by atoms with Crippen LogP contribution in [0.4, 0.5) is 0 Å². The summed E-state index contributed by atoms with van der Waals surface area (Å²) in [6.07, 6.45) is 13.4. The van der Waals surface area contributed by atoms with E-state index < -0.39 is 0 Å². The molecule has 0 bridgehead atoms. The molecule has 1 atom stereocenters. The van der Waals surface area contributed by atoms with Gasteiger partial charge in [-0.2, -0.15) is 0 Å². The highest BCUT2D eigenvalue weighted by atomic mass is 15.2. The number of rotatable bonds is 11. The molecule has 0 aliphatic heterocycles. The normalized spacial score (nSPS) is 12.7. The third-order valence-corrected chi connectivity index (χ3v) is 2.85. The van der Waals surface area contributed by atoms with Gasteiger partial charge in [0, 0.05) is 6.04 Å². The second-order valence-corrected chi connectivity index (χ2v) is 4.29. The molecule has 15 heavy (non-hydrogen) atoms. The molecule has 0 saturated heterocycles. The van der Waals surface area contributed by atoms with E-state index in [1.807, 2.05) is 6.08 Å². The Hall–Kier alpha value is -0.340. The second kappa shape index (κ2) is 11.7. The van der Waals surface area contributed by atoms with E-state index in [1.54, 1.807) is 0 Å². The largest absolute Gasteiger partial charge is 0.271 e. The molecule has 0 radical (unpaired) electrons. The summed E-state index contributed by atoms with van der Waals surface area (Å²) in [6.45, 7) is 5.98. The van der Waals surface area contributed by atoms with Crippen molar-refractivity contribution in [2.45, 2.75) is 70.8 Å². The number of unbranched alkanes of at least 4 members (excludes halogenated alkanes) is 5. The first kappa shape index (κ1) is 14.7. The van der Waals surface area contributed by atoms with Gasteiger partial charge in [-0.05, 0) is 25.7 Å². The maximum atomic E-state index is 5.52. The zero-order chi connectivity index (χ0) is 11.4. The van der Waals surface area contributed by atoms with Crippen LogP contribution in [0.5, 0.6) is 0 Å². The van der Waals surface area contributed by atoms with Gasteiger partial charge in [-0.15, -0.1) is 6.58 Å². The van der Waals surface area contributed by atoms with E-state index in [2.05, 4.69) is 18.9 Å². The number of hydrazine groups is 1. The fraction of sp³-hybridized carbons (Fsp3) is 0.846. The highest BCUT2D eigenvalue weighted by molar-refractivity contribution is 4.70. The Morgan fingerprint density at radius 2 is 1.80 bits per heavy atom. The first-order valence-electron chi connectivity index (χ1n) is 6.42. The minimum absolute atomic E-state index is 0.506. The van der Waals surface area contributed by atoms with Crippen molar-refractivity contribution in [2.24, 2.45) is 5.84 Å². The number of hydrogen-bond acceptors (Lipinski definition) is 2. The average molecular weight is 212 g/mol. The first-order chi connectivity index (χ1) is 7.35. The Morgan fingerprint density at radius 3 is 2.40 bits per heavy atom. The highest BCUT2D eigenvalue weighted by Gasteiger charge is 2.04. The van der Waals surface area contributed by atoms with Gasteiger partial charge in [0.15, 0.2) is 0 Å². The third-order valence-electron chi connectivity index (χ3n) is 2.85. The Kier molecular flexibility index (Phi) is 11.5. The minimum atomic E-state index is 0.506. The predicted octanol–water partition coefficient (Wildman–Crippen LogP) is 3.54. The van der Waals surface area contributed by atoms with Crippen molar-refractivity contribution < 1.29 is 0 Å². The van der Waals surface area contributed by atoms with Crippen molar-refractivity contribution in [3.63, 3.8) is 0 Å². The number of nitrogens with two attached hydrogens (primary N) is 1. The molecule has 0 amide bonds. The minimum Gasteiger partial charge on any atom is -0.271 e. The lowest BCUT2D eigenvalue weighted by atomic mass is 10.0. The van der Waals surface area contributed by atoms with E-state index in [4.69, 9.17) is 5.84 Å². The van der Waals surface area contributed by atoms with Gasteiger partial charge in [-0.25, -0.2) is 0 Å². The van der Waals surface area contributed by atoms with Crippen molar-refractivity contribution in [1.82, 2.24) is 5.43 Å². The summed E-state index contributed by atoms with van der Waals surface area (Å²) >= 11 is 0. The van der Waals surface area contributed by atoms with Crippen LogP contribution in [0.2, 0.25) is 0 Å². The van der Waals surface area contributed by atoms with Gasteiger partial charge in [-0.3, -0.25) is 11.3 Å². The van der Waals surface area contributed by atoms with Gasteiger partial charge in [0.05, 0.1) is 0 Å². The van der Waals surface area contributed by atoms with Crippen molar-refractivity contribution in [2.75, 3.05) is 0 Å². The molecule has 0 aromatic carbocycles. The summed E-state index contributed by atoms with van der Waals surface area (Å²) < 4.78 is 0. The quantitative estimate of drug-likeness (QED) is 0.238. The molecule has 1 unspecified atom stereocenters. The smallest absolute Gasteiger partial charge is 0.0210 e. The molecule has 0 aliphatic carbocycles. The van der Waals surface area contributed by atoms with Gasteiger partial charge < -0.3 is 0 Å². The van der Waals surface area contributed by atoms with Crippen LogP contribution in [0.25, 0.3) is 0 Å². The lowest BCUT2D eigenvalue weighted by Crippen LogP contribution is -2.34. The van der Waals surface area contributed by atoms with Crippen LogP contribution in [0.3, 0.4) is 0 Å². The fourth-order valence-electron chi connectivity index (χ4n) is 1.81. The molecule has 3 N–H and O–H groups in total. The van der Waals surface area contributed by atoms with Gasteiger partial charge >= 0.3 is 0 Å². The van der Waals surface area contributed by atoms with Crippen LogP contribution < -0.4 is 11.3 Å². The van der Waals surface area contributed by atoms with Gasteiger partial charge in [0.1, 0.15) is 0 Å². The summed E-state index contributed by atoms with van der Waals surface area (Å²) in [5, 5.41) is 0. The Balaban J connectivity index is 3.31. The molecule has 0 saturated carbocycles. The molecule has 0 spiro atoms.